The van der Waals surface area contributed by atoms with Crippen molar-refractivity contribution in [3.63, 3.8) is 0 Å². The number of hydrogen-bond donors (Lipinski definition) is 2. The van der Waals surface area contributed by atoms with Crippen LogP contribution >= 0.6 is 12.4 Å². The Kier molecular flexibility index (Phi) is 8.47. The zero-order chi connectivity index (χ0) is 19.2. The van der Waals surface area contributed by atoms with Gasteiger partial charge in [-0.25, -0.2) is 0 Å². The predicted octanol–water partition coefficient (Wildman–Crippen LogP) is 3.21. The lowest BCUT2D eigenvalue weighted by molar-refractivity contribution is -0.125. The molecule has 0 aromatic heterocycles. The van der Waals surface area contributed by atoms with Gasteiger partial charge in [-0.05, 0) is 37.1 Å². The fourth-order valence-electron chi connectivity index (χ4n) is 2.39. The van der Waals surface area contributed by atoms with Gasteiger partial charge in [0.25, 0.3) is 5.91 Å². The van der Waals surface area contributed by atoms with Crippen molar-refractivity contribution < 1.29 is 14.3 Å². The van der Waals surface area contributed by atoms with Gasteiger partial charge in [-0.3, -0.25) is 9.59 Å². The first-order chi connectivity index (χ1) is 12.4. The molecule has 1 unspecified atom stereocenters. The molecule has 0 bridgehead atoms. The number of hydrogen-bond acceptors (Lipinski definition) is 4. The second kappa shape index (κ2) is 10.1. The molecule has 146 valence electrons. The molecule has 0 spiro atoms. The van der Waals surface area contributed by atoms with Crippen LogP contribution in [0.2, 0.25) is 0 Å². The molecule has 0 saturated heterocycles. The van der Waals surface area contributed by atoms with Gasteiger partial charge in [0.2, 0.25) is 0 Å². The van der Waals surface area contributed by atoms with Crippen LogP contribution in [0.3, 0.4) is 0 Å². The molecule has 5 nitrogen and oxygen atoms in total. The molecule has 2 aromatic rings. The molecule has 2 aromatic carbocycles. The summed E-state index contributed by atoms with van der Waals surface area (Å²) >= 11 is 0. The van der Waals surface area contributed by atoms with Gasteiger partial charge >= 0.3 is 0 Å². The maximum Gasteiger partial charge on any atom is 0.258 e. The number of ketones is 1. The van der Waals surface area contributed by atoms with Crippen LogP contribution in [0.15, 0.2) is 54.6 Å². The fraction of sp³-hybridized carbons (Fsp3) is 0.333. The molecular formula is C21H27ClN2O3. The van der Waals surface area contributed by atoms with E-state index in [4.69, 9.17) is 10.5 Å². The van der Waals surface area contributed by atoms with E-state index >= 15 is 0 Å². The smallest absolute Gasteiger partial charge is 0.258 e. The summed E-state index contributed by atoms with van der Waals surface area (Å²) in [6.45, 7) is 6.19. The molecule has 0 saturated carbocycles. The largest absolute Gasteiger partial charge is 0.484 e. The van der Waals surface area contributed by atoms with Crippen molar-refractivity contribution in [1.82, 2.24) is 5.32 Å². The highest BCUT2D eigenvalue weighted by molar-refractivity contribution is 6.08. The standard InChI is InChI=1S/C21H26N2O3.ClH/c1-15(2)21(3,14-22)23-19(24)13-26-18-11-9-17(10-12-18)20(25)16-7-5-4-6-8-16;/h4-12,15H,13-14,22H2,1-3H3,(H,23,24);1H. The topological polar surface area (TPSA) is 81.4 Å². The molecule has 6 heteroatoms. The summed E-state index contributed by atoms with van der Waals surface area (Å²) < 4.78 is 5.51. The summed E-state index contributed by atoms with van der Waals surface area (Å²) in [7, 11) is 0. The van der Waals surface area contributed by atoms with Crippen LogP contribution < -0.4 is 15.8 Å². The summed E-state index contributed by atoms with van der Waals surface area (Å²) in [6.07, 6.45) is 0. The third-order valence-electron chi connectivity index (χ3n) is 4.65. The molecule has 0 aliphatic carbocycles. The molecule has 0 aliphatic rings. The van der Waals surface area contributed by atoms with Gasteiger partial charge in [0, 0.05) is 17.7 Å². The van der Waals surface area contributed by atoms with Crippen molar-refractivity contribution in [2.75, 3.05) is 13.2 Å². The minimum atomic E-state index is -0.466. The second-order valence-corrected chi connectivity index (χ2v) is 6.83. The van der Waals surface area contributed by atoms with E-state index in [1.165, 1.54) is 0 Å². The highest BCUT2D eigenvalue weighted by Crippen LogP contribution is 2.17. The molecule has 3 N–H and O–H groups in total. The summed E-state index contributed by atoms with van der Waals surface area (Å²) in [5.74, 6) is 0.463. The number of rotatable bonds is 8. The van der Waals surface area contributed by atoms with Crippen LogP contribution in [0.25, 0.3) is 0 Å². The summed E-state index contributed by atoms with van der Waals surface area (Å²) in [6, 6.07) is 15.9. The summed E-state index contributed by atoms with van der Waals surface area (Å²) in [5.41, 5.74) is 6.51. The molecule has 0 fully saturated rings. The van der Waals surface area contributed by atoms with Gasteiger partial charge in [-0.1, -0.05) is 44.2 Å². The molecule has 0 radical (unpaired) electrons. The summed E-state index contributed by atoms with van der Waals surface area (Å²) in [5, 5.41) is 2.92. The van der Waals surface area contributed by atoms with Crippen molar-refractivity contribution in [3.8, 4) is 5.75 Å². The average Bonchev–Trinajstić information content (AvgIpc) is 2.66. The fourth-order valence-corrected chi connectivity index (χ4v) is 2.39. The van der Waals surface area contributed by atoms with Crippen LogP contribution in [0.1, 0.15) is 36.7 Å². The van der Waals surface area contributed by atoms with E-state index in [0.717, 1.165) is 0 Å². The molecular weight excluding hydrogens is 364 g/mol. The third kappa shape index (κ3) is 6.08. The monoisotopic (exact) mass is 390 g/mol. The SMILES string of the molecule is CC(C)C(C)(CN)NC(=O)COc1ccc(C(=O)c2ccccc2)cc1.Cl. The lowest BCUT2D eigenvalue weighted by atomic mass is 9.88. The lowest BCUT2D eigenvalue weighted by Gasteiger charge is -2.33. The Bertz CT molecular complexity index is 748. The normalized spacial score (nSPS) is 12.6. The average molecular weight is 391 g/mol. The Balaban J connectivity index is 0.00000364. The number of carbonyl (C=O) groups excluding carboxylic acids is 2. The highest BCUT2D eigenvalue weighted by Gasteiger charge is 2.28. The Labute approximate surface area is 166 Å². The van der Waals surface area contributed by atoms with E-state index in [9.17, 15) is 9.59 Å². The number of amides is 1. The number of benzene rings is 2. The Morgan fingerprint density at radius 2 is 1.59 bits per heavy atom. The predicted molar refractivity (Wildman–Crippen MR) is 109 cm³/mol. The van der Waals surface area contributed by atoms with E-state index in [1.54, 1.807) is 36.4 Å². The number of nitrogens with two attached hydrogens (primary N) is 1. The van der Waals surface area contributed by atoms with Crippen LogP contribution in [-0.2, 0) is 4.79 Å². The first-order valence-corrected chi connectivity index (χ1v) is 8.69. The molecule has 2 rings (SSSR count). The Hall–Kier alpha value is -2.37. The number of ether oxygens (including phenoxy) is 1. The van der Waals surface area contributed by atoms with E-state index < -0.39 is 5.54 Å². The minimum Gasteiger partial charge on any atom is -0.484 e. The Morgan fingerprint density at radius 3 is 2.11 bits per heavy atom. The van der Waals surface area contributed by atoms with Crippen LogP contribution in [0.4, 0.5) is 0 Å². The van der Waals surface area contributed by atoms with Crippen LogP contribution in [0, 0.1) is 5.92 Å². The van der Waals surface area contributed by atoms with E-state index in [0.29, 0.717) is 23.4 Å². The van der Waals surface area contributed by atoms with Crippen molar-refractivity contribution >= 4 is 24.1 Å². The van der Waals surface area contributed by atoms with Gasteiger partial charge in [0.05, 0.1) is 5.54 Å². The van der Waals surface area contributed by atoms with Gasteiger partial charge in [0.1, 0.15) is 5.75 Å². The molecule has 1 atom stereocenters. The van der Waals surface area contributed by atoms with Gasteiger partial charge in [-0.2, -0.15) is 0 Å². The zero-order valence-corrected chi connectivity index (χ0v) is 16.7. The first-order valence-electron chi connectivity index (χ1n) is 8.69. The van der Waals surface area contributed by atoms with Crippen molar-refractivity contribution in [3.05, 3.63) is 65.7 Å². The van der Waals surface area contributed by atoms with Crippen molar-refractivity contribution in [2.45, 2.75) is 26.3 Å². The molecule has 1 amide bonds. The van der Waals surface area contributed by atoms with Gasteiger partial charge < -0.3 is 15.8 Å². The summed E-state index contributed by atoms with van der Waals surface area (Å²) in [4.78, 5) is 24.5. The van der Waals surface area contributed by atoms with Crippen molar-refractivity contribution in [2.24, 2.45) is 11.7 Å². The van der Waals surface area contributed by atoms with Crippen molar-refractivity contribution in [1.29, 1.82) is 0 Å². The highest BCUT2D eigenvalue weighted by atomic mass is 35.5. The molecule has 0 aliphatic heterocycles. The number of halogens is 1. The quantitative estimate of drug-likeness (QED) is 0.678. The number of carbonyl (C=O) groups is 2. The van der Waals surface area contributed by atoms with Crippen LogP contribution in [0.5, 0.6) is 5.75 Å². The lowest BCUT2D eigenvalue weighted by Crippen LogP contribution is -2.56. The maximum absolute atomic E-state index is 12.4. The van der Waals surface area contributed by atoms with Gasteiger partial charge in [0.15, 0.2) is 12.4 Å². The first kappa shape index (κ1) is 22.7. The number of nitrogens with one attached hydrogen (secondary N) is 1. The van der Waals surface area contributed by atoms with E-state index in [-0.39, 0.29) is 36.6 Å². The van der Waals surface area contributed by atoms with E-state index in [1.807, 2.05) is 39.0 Å². The minimum absolute atomic E-state index is 0. The van der Waals surface area contributed by atoms with Gasteiger partial charge in [-0.15, -0.1) is 12.4 Å². The molecule has 0 heterocycles. The maximum atomic E-state index is 12.4. The van der Waals surface area contributed by atoms with E-state index in [2.05, 4.69) is 5.32 Å². The zero-order valence-electron chi connectivity index (χ0n) is 15.9. The second-order valence-electron chi connectivity index (χ2n) is 6.83. The van der Waals surface area contributed by atoms with Crippen LogP contribution in [-0.4, -0.2) is 30.4 Å². The third-order valence-corrected chi connectivity index (χ3v) is 4.65. The molecule has 27 heavy (non-hydrogen) atoms. The Morgan fingerprint density at radius 1 is 1.04 bits per heavy atom.